The van der Waals surface area contributed by atoms with Crippen LogP contribution >= 0.6 is 0 Å². The van der Waals surface area contributed by atoms with E-state index in [1.54, 1.807) is 0 Å². The highest BCUT2D eigenvalue weighted by Crippen LogP contribution is 2.37. The van der Waals surface area contributed by atoms with Crippen LogP contribution in [-0.4, -0.2) is 25.3 Å². The molecule has 1 rings (SSSR count). The van der Waals surface area contributed by atoms with E-state index in [2.05, 4.69) is 25.7 Å². The molecule has 0 saturated carbocycles. The SMILES string of the molecule is C=C(C=CCCCC)CC1(CC=O)COC(C)(C)OC1. The standard InChI is InChI=1S/C17H28O3/c1-5-6-7-8-9-15(2)12-17(10-11-18)13-19-16(3,4)20-14-17/h8-9,11H,2,5-7,10,12-14H2,1,3-4H3. The maximum Gasteiger partial charge on any atom is 0.162 e. The van der Waals surface area contributed by atoms with Gasteiger partial charge in [0.15, 0.2) is 5.79 Å². The molecule has 1 aliphatic rings. The molecule has 0 spiro atoms. The van der Waals surface area contributed by atoms with Crippen LogP contribution in [0, 0.1) is 5.41 Å². The van der Waals surface area contributed by atoms with Crippen LogP contribution in [0.4, 0.5) is 0 Å². The van der Waals surface area contributed by atoms with Crippen molar-refractivity contribution in [3.05, 3.63) is 24.3 Å². The molecular weight excluding hydrogens is 252 g/mol. The molecule has 114 valence electrons. The van der Waals surface area contributed by atoms with Gasteiger partial charge in [0.25, 0.3) is 0 Å². The fourth-order valence-electron chi connectivity index (χ4n) is 2.32. The van der Waals surface area contributed by atoms with Gasteiger partial charge >= 0.3 is 0 Å². The average Bonchev–Trinajstić information content (AvgIpc) is 2.39. The highest BCUT2D eigenvalue weighted by atomic mass is 16.7. The second-order valence-corrected chi connectivity index (χ2v) is 6.23. The molecule has 0 aliphatic carbocycles. The van der Waals surface area contributed by atoms with Crippen LogP contribution in [0.3, 0.4) is 0 Å². The van der Waals surface area contributed by atoms with Crippen molar-refractivity contribution in [2.75, 3.05) is 13.2 Å². The van der Waals surface area contributed by atoms with Gasteiger partial charge in [0.05, 0.1) is 13.2 Å². The number of unbranched alkanes of at least 4 members (excludes halogenated alkanes) is 2. The van der Waals surface area contributed by atoms with E-state index in [0.29, 0.717) is 19.6 Å². The van der Waals surface area contributed by atoms with Gasteiger partial charge in [0.1, 0.15) is 6.29 Å². The van der Waals surface area contributed by atoms with E-state index >= 15 is 0 Å². The molecule has 1 fully saturated rings. The minimum atomic E-state index is -0.551. The Morgan fingerprint density at radius 2 is 1.95 bits per heavy atom. The van der Waals surface area contributed by atoms with Crippen molar-refractivity contribution in [3.8, 4) is 0 Å². The zero-order chi connectivity index (χ0) is 15.1. The Kier molecular flexibility index (Phi) is 6.63. The van der Waals surface area contributed by atoms with Crippen LogP contribution in [0.25, 0.3) is 0 Å². The van der Waals surface area contributed by atoms with Gasteiger partial charge < -0.3 is 14.3 Å². The quantitative estimate of drug-likeness (QED) is 0.382. The van der Waals surface area contributed by atoms with Gasteiger partial charge in [-0.15, -0.1) is 0 Å². The van der Waals surface area contributed by atoms with Crippen LogP contribution < -0.4 is 0 Å². The predicted octanol–water partition coefficient (Wildman–Crippen LogP) is 4.04. The molecule has 0 radical (unpaired) electrons. The maximum absolute atomic E-state index is 11.0. The van der Waals surface area contributed by atoms with E-state index in [1.807, 2.05) is 13.8 Å². The topological polar surface area (TPSA) is 35.5 Å². The van der Waals surface area contributed by atoms with Crippen molar-refractivity contribution in [2.45, 2.75) is 58.7 Å². The third kappa shape index (κ3) is 5.59. The van der Waals surface area contributed by atoms with Gasteiger partial charge in [0.2, 0.25) is 0 Å². The van der Waals surface area contributed by atoms with Crippen molar-refractivity contribution < 1.29 is 14.3 Å². The lowest BCUT2D eigenvalue weighted by molar-refractivity contribution is -0.284. The molecular formula is C17H28O3. The number of carbonyl (C=O) groups excluding carboxylic acids is 1. The molecule has 0 aromatic carbocycles. The first kappa shape index (κ1) is 17.1. The minimum absolute atomic E-state index is 0.260. The Hall–Kier alpha value is -0.930. The van der Waals surface area contributed by atoms with Crippen molar-refractivity contribution >= 4 is 6.29 Å². The molecule has 0 aromatic rings. The molecule has 3 nitrogen and oxygen atoms in total. The van der Waals surface area contributed by atoms with E-state index in [-0.39, 0.29) is 5.41 Å². The molecule has 0 atom stereocenters. The number of aldehydes is 1. The van der Waals surface area contributed by atoms with E-state index in [4.69, 9.17) is 9.47 Å². The first-order chi connectivity index (χ1) is 9.43. The summed E-state index contributed by atoms with van der Waals surface area (Å²) in [5.74, 6) is -0.551. The third-order valence-corrected chi connectivity index (χ3v) is 3.65. The Labute approximate surface area is 123 Å². The molecule has 0 unspecified atom stereocenters. The van der Waals surface area contributed by atoms with Gasteiger partial charge in [0, 0.05) is 11.8 Å². The fourth-order valence-corrected chi connectivity index (χ4v) is 2.32. The van der Waals surface area contributed by atoms with E-state index < -0.39 is 5.79 Å². The minimum Gasteiger partial charge on any atom is -0.350 e. The van der Waals surface area contributed by atoms with E-state index in [9.17, 15) is 4.79 Å². The van der Waals surface area contributed by atoms with Crippen molar-refractivity contribution in [1.82, 2.24) is 0 Å². The molecule has 1 aliphatic heterocycles. The number of carbonyl (C=O) groups is 1. The first-order valence-electron chi connectivity index (χ1n) is 7.49. The van der Waals surface area contributed by atoms with Gasteiger partial charge in [-0.3, -0.25) is 0 Å². The predicted molar refractivity (Wildman–Crippen MR) is 81.5 cm³/mol. The highest BCUT2D eigenvalue weighted by Gasteiger charge is 2.39. The molecule has 1 heterocycles. The summed E-state index contributed by atoms with van der Waals surface area (Å²) in [5, 5.41) is 0. The van der Waals surface area contributed by atoms with Crippen LogP contribution in [0.5, 0.6) is 0 Å². The Balaban J connectivity index is 2.57. The summed E-state index contributed by atoms with van der Waals surface area (Å²) >= 11 is 0. The lowest BCUT2D eigenvalue weighted by Crippen LogP contribution is -2.46. The van der Waals surface area contributed by atoms with Crippen LogP contribution in [-0.2, 0) is 14.3 Å². The normalized spacial score (nSPS) is 20.9. The summed E-state index contributed by atoms with van der Waals surface area (Å²) in [5.41, 5.74) is 0.776. The fraction of sp³-hybridized carbons (Fsp3) is 0.706. The molecule has 0 N–H and O–H groups in total. The Bertz CT molecular complexity index is 345. The summed E-state index contributed by atoms with van der Waals surface area (Å²) in [6.07, 6.45) is 9.86. The van der Waals surface area contributed by atoms with E-state index in [1.165, 1.54) is 12.8 Å². The Morgan fingerprint density at radius 3 is 2.50 bits per heavy atom. The highest BCUT2D eigenvalue weighted by molar-refractivity contribution is 5.51. The second kappa shape index (κ2) is 7.75. The van der Waals surface area contributed by atoms with Crippen LogP contribution in [0.1, 0.15) is 52.9 Å². The molecule has 0 amide bonds. The number of ether oxygens (including phenoxy) is 2. The summed E-state index contributed by atoms with van der Waals surface area (Å²) in [7, 11) is 0. The third-order valence-electron chi connectivity index (χ3n) is 3.65. The molecule has 1 saturated heterocycles. The average molecular weight is 280 g/mol. The van der Waals surface area contributed by atoms with Gasteiger partial charge in [-0.05, 0) is 26.7 Å². The first-order valence-corrected chi connectivity index (χ1v) is 7.49. The lowest BCUT2D eigenvalue weighted by atomic mass is 9.79. The number of rotatable bonds is 8. The van der Waals surface area contributed by atoms with Gasteiger partial charge in [-0.25, -0.2) is 0 Å². The molecule has 20 heavy (non-hydrogen) atoms. The summed E-state index contributed by atoms with van der Waals surface area (Å²) in [4.78, 5) is 11.0. The summed E-state index contributed by atoms with van der Waals surface area (Å²) in [6, 6.07) is 0. The number of allylic oxidation sites excluding steroid dienone is 3. The van der Waals surface area contributed by atoms with Crippen molar-refractivity contribution in [3.63, 3.8) is 0 Å². The van der Waals surface area contributed by atoms with Crippen LogP contribution in [0.15, 0.2) is 24.3 Å². The van der Waals surface area contributed by atoms with Crippen molar-refractivity contribution in [2.24, 2.45) is 5.41 Å². The number of hydrogen-bond donors (Lipinski definition) is 0. The smallest absolute Gasteiger partial charge is 0.162 e. The number of hydrogen-bond acceptors (Lipinski definition) is 3. The second-order valence-electron chi connectivity index (χ2n) is 6.23. The molecule has 3 heteroatoms. The lowest BCUT2D eigenvalue weighted by Gasteiger charge is -2.43. The zero-order valence-corrected chi connectivity index (χ0v) is 13.1. The van der Waals surface area contributed by atoms with Gasteiger partial charge in [-0.1, -0.05) is 44.1 Å². The summed E-state index contributed by atoms with van der Waals surface area (Å²) < 4.78 is 11.5. The van der Waals surface area contributed by atoms with E-state index in [0.717, 1.165) is 24.7 Å². The zero-order valence-electron chi connectivity index (χ0n) is 13.1. The largest absolute Gasteiger partial charge is 0.350 e. The van der Waals surface area contributed by atoms with Crippen molar-refractivity contribution in [1.29, 1.82) is 0 Å². The maximum atomic E-state index is 11.0. The monoisotopic (exact) mass is 280 g/mol. The van der Waals surface area contributed by atoms with Crippen LogP contribution in [0.2, 0.25) is 0 Å². The molecule has 0 aromatic heterocycles. The Morgan fingerprint density at radius 1 is 1.30 bits per heavy atom. The van der Waals surface area contributed by atoms with Gasteiger partial charge in [-0.2, -0.15) is 0 Å². The summed E-state index contributed by atoms with van der Waals surface area (Å²) in [6.45, 7) is 11.2. The molecule has 0 bridgehead atoms.